The monoisotopic (exact) mass is 398 g/mol. The van der Waals surface area contributed by atoms with Gasteiger partial charge in [0.15, 0.2) is 0 Å². The predicted octanol–water partition coefficient (Wildman–Crippen LogP) is -0.783. The smallest absolute Gasteiger partial charge is 0.303 e. The summed E-state index contributed by atoms with van der Waals surface area (Å²) in [6.45, 7) is 1.30. The second-order valence-corrected chi connectivity index (χ2v) is 7.47. The fourth-order valence-corrected chi connectivity index (χ4v) is 1.89. The van der Waals surface area contributed by atoms with E-state index in [9.17, 15) is 4.79 Å². The summed E-state index contributed by atoms with van der Waals surface area (Å²) in [7, 11) is 0. The van der Waals surface area contributed by atoms with Crippen molar-refractivity contribution in [1.29, 1.82) is 0 Å². The van der Waals surface area contributed by atoms with Crippen molar-refractivity contribution in [2.24, 2.45) is 16.7 Å². The van der Waals surface area contributed by atoms with E-state index in [4.69, 9.17) is 40.5 Å². The van der Waals surface area contributed by atoms with Gasteiger partial charge in [0.05, 0.1) is 63.7 Å². The molecule has 0 spiro atoms. The number of carboxylic acid groups (broad SMARTS) is 1. The molecule has 0 saturated heterocycles. The van der Waals surface area contributed by atoms with Crippen LogP contribution in [0.1, 0.15) is 39.5 Å². The number of carbonyl (C=O) groups is 1. The van der Waals surface area contributed by atoms with E-state index < -0.39 is 56.4 Å². The summed E-state index contributed by atoms with van der Waals surface area (Å²) in [6, 6.07) is 0. The molecule has 0 amide bonds. The average molecular weight is 398 g/mol. The summed E-state index contributed by atoms with van der Waals surface area (Å²) in [4.78, 5) is 10.0. The van der Waals surface area contributed by atoms with E-state index in [1.807, 2.05) is 0 Å². The Bertz CT molecular complexity index is 316. The van der Waals surface area contributed by atoms with Crippen molar-refractivity contribution < 1.29 is 45.3 Å². The number of ether oxygens (including phenoxy) is 1. The first-order valence-corrected chi connectivity index (χ1v) is 9.15. The molecule has 0 rings (SSSR count). The number of unbranched alkanes of at least 4 members (excludes halogenated alkanes) is 1. The van der Waals surface area contributed by atoms with Crippen LogP contribution in [0.4, 0.5) is 0 Å². The van der Waals surface area contributed by atoms with E-state index in [1.165, 1.54) is 0 Å². The molecule has 9 nitrogen and oxygen atoms in total. The topological polar surface area (TPSA) is 168 Å². The highest BCUT2D eigenvalue weighted by Crippen LogP contribution is 2.19. The first kappa shape index (κ1) is 28.4. The van der Waals surface area contributed by atoms with Crippen molar-refractivity contribution in [2.45, 2.75) is 39.5 Å². The molecule has 0 aliphatic carbocycles. The fourth-order valence-electron chi connectivity index (χ4n) is 1.89. The standard InChI is InChI=1S/C10H22O7.C8H16O2/c11-1-9(2-12,3-13)7-17-8-10(4-14,5-15)6-16;1-7(2)5-3-4-6-8(9)10/h11-16H,1-8H2;7H,3-6H2,1-2H3,(H,9,10). The third kappa shape index (κ3) is 13.1. The van der Waals surface area contributed by atoms with Crippen molar-refractivity contribution >= 4 is 5.97 Å². The van der Waals surface area contributed by atoms with Crippen LogP contribution in [-0.2, 0) is 9.53 Å². The number of aliphatic carboxylic acids is 1. The summed E-state index contributed by atoms with van der Waals surface area (Å²) in [5.74, 6) is 0.0255. The Morgan fingerprint density at radius 1 is 0.778 bits per heavy atom. The molecule has 0 aliphatic heterocycles. The van der Waals surface area contributed by atoms with Gasteiger partial charge in [-0.1, -0.05) is 26.7 Å². The molecular weight excluding hydrogens is 360 g/mol. The Kier molecular flexibility index (Phi) is 17.0. The van der Waals surface area contributed by atoms with Gasteiger partial charge >= 0.3 is 5.97 Å². The molecule has 9 heteroatoms. The van der Waals surface area contributed by atoms with Crippen molar-refractivity contribution in [1.82, 2.24) is 0 Å². The van der Waals surface area contributed by atoms with Crippen molar-refractivity contribution in [3.05, 3.63) is 0 Å². The van der Waals surface area contributed by atoms with Crippen molar-refractivity contribution in [3.8, 4) is 0 Å². The second-order valence-electron chi connectivity index (χ2n) is 7.47. The molecule has 0 aliphatic rings. The van der Waals surface area contributed by atoms with E-state index in [1.54, 1.807) is 0 Å². The van der Waals surface area contributed by atoms with Gasteiger partial charge in [0.1, 0.15) is 0 Å². The Balaban J connectivity index is 0. The highest BCUT2D eigenvalue weighted by Gasteiger charge is 2.32. The molecule has 164 valence electrons. The lowest BCUT2D eigenvalue weighted by atomic mass is 9.91. The van der Waals surface area contributed by atoms with Crippen LogP contribution in [-0.4, -0.2) is 94.6 Å². The minimum Gasteiger partial charge on any atom is -0.481 e. The van der Waals surface area contributed by atoms with Crippen LogP contribution in [0.25, 0.3) is 0 Å². The largest absolute Gasteiger partial charge is 0.481 e. The highest BCUT2D eigenvalue weighted by molar-refractivity contribution is 5.66. The molecule has 27 heavy (non-hydrogen) atoms. The molecule has 7 N–H and O–H groups in total. The molecule has 0 unspecified atom stereocenters. The van der Waals surface area contributed by atoms with Crippen LogP contribution in [0.2, 0.25) is 0 Å². The lowest BCUT2D eigenvalue weighted by molar-refractivity contribution is -0.137. The Labute approximate surface area is 161 Å². The molecule has 0 fully saturated rings. The highest BCUT2D eigenvalue weighted by atomic mass is 16.5. The van der Waals surface area contributed by atoms with Gasteiger partial charge in [-0.15, -0.1) is 0 Å². The predicted molar refractivity (Wildman–Crippen MR) is 99.1 cm³/mol. The van der Waals surface area contributed by atoms with Gasteiger partial charge in [-0.25, -0.2) is 0 Å². The lowest BCUT2D eigenvalue weighted by Gasteiger charge is -2.31. The zero-order valence-corrected chi connectivity index (χ0v) is 16.5. The van der Waals surface area contributed by atoms with Crippen LogP contribution in [0.15, 0.2) is 0 Å². The SMILES string of the molecule is CC(C)CCCCC(=O)O.OCC(CO)(CO)COCC(CO)(CO)CO. The van der Waals surface area contributed by atoms with E-state index in [0.29, 0.717) is 12.3 Å². The maximum Gasteiger partial charge on any atom is 0.303 e. The zero-order chi connectivity index (χ0) is 21.3. The minimum absolute atomic E-state index is 0.141. The van der Waals surface area contributed by atoms with Gasteiger partial charge in [0.2, 0.25) is 0 Å². The van der Waals surface area contributed by atoms with E-state index in [2.05, 4.69) is 13.8 Å². The Hall–Kier alpha value is -0.810. The van der Waals surface area contributed by atoms with Crippen molar-refractivity contribution in [2.75, 3.05) is 52.9 Å². The molecule has 0 saturated carbocycles. The normalized spacial score (nSPS) is 12.0. The fraction of sp³-hybridized carbons (Fsp3) is 0.944. The number of hydrogen-bond donors (Lipinski definition) is 7. The summed E-state index contributed by atoms with van der Waals surface area (Å²) >= 11 is 0. The van der Waals surface area contributed by atoms with Crippen LogP contribution in [0.5, 0.6) is 0 Å². The van der Waals surface area contributed by atoms with Gasteiger partial charge in [-0.3, -0.25) is 4.79 Å². The summed E-state index contributed by atoms with van der Waals surface area (Å²) in [5, 5.41) is 62.5. The van der Waals surface area contributed by atoms with Crippen LogP contribution in [0, 0.1) is 16.7 Å². The van der Waals surface area contributed by atoms with Gasteiger partial charge in [-0.2, -0.15) is 0 Å². The molecule has 0 radical (unpaired) electrons. The quantitative estimate of drug-likeness (QED) is 0.175. The third-order valence-electron chi connectivity index (χ3n) is 4.25. The van der Waals surface area contributed by atoms with E-state index in [-0.39, 0.29) is 13.2 Å². The van der Waals surface area contributed by atoms with Gasteiger partial charge in [0.25, 0.3) is 0 Å². The summed E-state index contributed by atoms with van der Waals surface area (Å²) in [5.41, 5.74) is -2.32. The molecule has 0 bridgehead atoms. The van der Waals surface area contributed by atoms with Crippen LogP contribution < -0.4 is 0 Å². The molecule has 0 aromatic carbocycles. The first-order chi connectivity index (χ1) is 12.7. The molecule has 0 atom stereocenters. The van der Waals surface area contributed by atoms with Gasteiger partial charge < -0.3 is 40.5 Å². The number of rotatable bonds is 15. The summed E-state index contributed by atoms with van der Waals surface area (Å²) < 4.78 is 5.15. The Morgan fingerprint density at radius 2 is 1.15 bits per heavy atom. The maximum atomic E-state index is 10.0. The number of aliphatic hydroxyl groups is 6. The van der Waals surface area contributed by atoms with Crippen LogP contribution in [0.3, 0.4) is 0 Å². The zero-order valence-electron chi connectivity index (χ0n) is 16.5. The molecular formula is C18H38O9. The Morgan fingerprint density at radius 3 is 1.41 bits per heavy atom. The third-order valence-corrected chi connectivity index (χ3v) is 4.25. The van der Waals surface area contributed by atoms with Crippen molar-refractivity contribution in [3.63, 3.8) is 0 Å². The maximum absolute atomic E-state index is 10.0. The average Bonchev–Trinajstić information content (AvgIpc) is 2.67. The minimum atomic E-state index is -1.16. The molecule has 0 aromatic rings. The van der Waals surface area contributed by atoms with Gasteiger partial charge in [-0.05, 0) is 12.3 Å². The number of hydrogen-bond acceptors (Lipinski definition) is 8. The van der Waals surface area contributed by atoms with E-state index >= 15 is 0 Å². The first-order valence-electron chi connectivity index (χ1n) is 9.15. The second kappa shape index (κ2) is 16.2. The number of aliphatic hydroxyl groups excluding tert-OH is 6. The van der Waals surface area contributed by atoms with Crippen LogP contribution >= 0.6 is 0 Å². The number of carboxylic acids is 1. The van der Waals surface area contributed by atoms with E-state index in [0.717, 1.165) is 19.3 Å². The molecule has 0 heterocycles. The summed E-state index contributed by atoms with van der Waals surface area (Å²) in [6.07, 6.45) is 3.34. The molecule has 0 aromatic heterocycles. The van der Waals surface area contributed by atoms with Gasteiger partial charge in [0, 0.05) is 6.42 Å². The lowest BCUT2D eigenvalue weighted by Crippen LogP contribution is -2.43.